The smallest absolute Gasteiger partial charge is 0.428 e. The number of carbonyl (C=O) groups is 2. The van der Waals surface area contributed by atoms with Crippen molar-refractivity contribution in [1.82, 2.24) is 0 Å². The number of benzene rings is 2. The highest BCUT2D eigenvalue weighted by atomic mass is 19.4. The summed E-state index contributed by atoms with van der Waals surface area (Å²) >= 11 is 0. The summed E-state index contributed by atoms with van der Waals surface area (Å²) in [5.41, 5.74) is -2.86. The van der Waals surface area contributed by atoms with Gasteiger partial charge in [-0.25, -0.2) is 9.59 Å². The first-order valence-electron chi connectivity index (χ1n) is 8.27. The predicted octanol–water partition coefficient (Wildman–Crippen LogP) is 5.55. The van der Waals surface area contributed by atoms with E-state index in [0.29, 0.717) is 0 Å². The monoisotopic (exact) mass is 396 g/mol. The van der Waals surface area contributed by atoms with Crippen molar-refractivity contribution < 1.29 is 37.0 Å². The molecule has 0 saturated carbocycles. The fourth-order valence-electron chi connectivity index (χ4n) is 2.34. The van der Waals surface area contributed by atoms with Gasteiger partial charge < -0.3 is 14.2 Å². The molecule has 150 valence electrons. The Hall–Kier alpha value is -3.03. The van der Waals surface area contributed by atoms with Crippen LogP contribution in [0.15, 0.2) is 42.5 Å². The average Bonchev–Trinajstić information content (AvgIpc) is 2.52. The molecule has 0 aliphatic carbocycles. The minimum Gasteiger partial charge on any atom is -0.428 e. The number of hydrogen-bond acceptors (Lipinski definition) is 5. The van der Waals surface area contributed by atoms with Gasteiger partial charge >= 0.3 is 18.3 Å². The number of esters is 1. The molecule has 0 atom stereocenters. The minimum atomic E-state index is -4.70. The topological polar surface area (TPSA) is 61.8 Å². The van der Waals surface area contributed by atoms with Crippen LogP contribution < -0.4 is 9.47 Å². The second-order valence-corrected chi connectivity index (χ2v) is 6.88. The van der Waals surface area contributed by atoms with Gasteiger partial charge in [-0.2, -0.15) is 13.2 Å². The molecule has 28 heavy (non-hydrogen) atoms. The Labute approximate surface area is 160 Å². The summed E-state index contributed by atoms with van der Waals surface area (Å²) in [5, 5.41) is 0. The lowest BCUT2D eigenvalue weighted by atomic mass is 10.0. The Bertz CT molecular complexity index is 868. The molecule has 2 aromatic carbocycles. The Morgan fingerprint density at radius 3 is 2.04 bits per heavy atom. The van der Waals surface area contributed by atoms with E-state index in [4.69, 9.17) is 14.2 Å². The highest BCUT2D eigenvalue weighted by molar-refractivity contribution is 5.96. The van der Waals surface area contributed by atoms with Gasteiger partial charge in [0, 0.05) is 0 Å². The third-order valence-electron chi connectivity index (χ3n) is 3.47. The molecular weight excluding hydrogens is 377 g/mol. The van der Waals surface area contributed by atoms with Crippen molar-refractivity contribution in [2.75, 3.05) is 0 Å². The zero-order chi connectivity index (χ0) is 21.1. The van der Waals surface area contributed by atoms with Crippen LogP contribution in [0.3, 0.4) is 0 Å². The van der Waals surface area contributed by atoms with Gasteiger partial charge in [-0.1, -0.05) is 18.2 Å². The van der Waals surface area contributed by atoms with Crippen molar-refractivity contribution in [3.05, 3.63) is 59.2 Å². The Balaban J connectivity index is 2.45. The molecule has 0 unspecified atom stereocenters. The fourth-order valence-corrected chi connectivity index (χ4v) is 2.34. The summed E-state index contributed by atoms with van der Waals surface area (Å²) in [5.74, 6) is -1.35. The van der Waals surface area contributed by atoms with Crippen LogP contribution in [0.4, 0.5) is 18.0 Å². The largest absolute Gasteiger partial charge is 0.514 e. The van der Waals surface area contributed by atoms with E-state index in [-0.39, 0.29) is 11.5 Å². The van der Waals surface area contributed by atoms with E-state index in [9.17, 15) is 22.8 Å². The Morgan fingerprint density at radius 2 is 1.50 bits per heavy atom. The van der Waals surface area contributed by atoms with E-state index in [1.54, 1.807) is 39.0 Å². The lowest BCUT2D eigenvalue weighted by molar-refractivity contribution is -0.138. The van der Waals surface area contributed by atoms with Crippen LogP contribution in [0.1, 0.15) is 42.3 Å². The van der Waals surface area contributed by atoms with Gasteiger partial charge in [0.2, 0.25) is 0 Å². The molecule has 0 aromatic heterocycles. The number of carbonyl (C=O) groups excluding carboxylic acids is 2. The molecule has 0 bridgehead atoms. The molecule has 2 rings (SSSR count). The zero-order valence-corrected chi connectivity index (χ0v) is 15.7. The minimum absolute atomic E-state index is 0.132. The molecule has 0 N–H and O–H groups in total. The van der Waals surface area contributed by atoms with E-state index >= 15 is 0 Å². The van der Waals surface area contributed by atoms with Crippen molar-refractivity contribution in [2.45, 2.75) is 39.5 Å². The molecule has 2 aromatic rings. The van der Waals surface area contributed by atoms with Crippen molar-refractivity contribution >= 4 is 12.1 Å². The van der Waals surface area contributed by atoms with Gasteiger partial charge in [-0.15, -0.1) is 0 Å². The quantitative estimate of drug-likeness (QED) is 0.387. The van der Waals surface area contributed by atoms with E-state index in [1.165, 1.54) is 12.1 Å². The highest BCUT2D eigenvalue weighted by Gasteiger charge is 2.36. The van der Waals surface area contributed by atoms with Crippen LogP contribution in [0.2, 0.25) is 0 Å². The predicted molar refractivity (Wildman–Crippen MR) is 94.4 cm³/mol. The average molecular weight is 396 g/mol. The molecule has 0 spiro atoms. The third kappa shape index (κ3) is 5.48. The normalized spacial score (nSPS) is 11.7. The molecule has 0 amide bonds. The lowest BCUT2D eigenvalue weighted by Gasteiger charge is -2.20. The van der Waals surface area contributed by atoms with E-state index in [1.807, 2.05) is 0 Å². The number of hydrogen-bond donors (Lipinski definition) is 0. The Kier molecular flexibility index (Phi) is 6.01. The zero-order valence-electron chi connectivity index (χ0n) is 15.7. The van der Waals surface area contributed by atoms with Gasteiger partial charge in [0.05, 0.1) is 5.56 Å². The van der Waals surface area contributed by atoms with Crippen LogP contribution in [-0.4, -0.2) is 17.7 Å². The number of ether oxygens (including phenoxy) is 3. The second-order valence-electron chi connectivity index (χ2n) is 6.88. The second kappa shape index (κ2) is 7.92. The van der Waals surface area contributed by atoms with Crippen LogP contribution in [-0.2, 0) is 10.9 Å². The number of para-hydroxylation sites is 1. The number of halogens is 3. The summed E-state index contributed by atoms with van der Waals surface area (Å²) in [7, 11) is 0. The molecule has 0 fully saturated rings. The van der Waals surface area contributed by atoms with Gasteiger partial charge in [-0.3, -0.25) is 0 Å². The number of rotatable bonds is 3. The summed E-state index contributed by atoms with van der Waals surface area (Å²) in [6.45, 7) is 5.89. The Morgan fingerprint density at radius 1 is 0.893 bits per heavy atom. The summed E-state index contributed by atoms with van der Waals surface area (Å²) < 4.78 is 54.9. The van der Waals surface area contributed by atoms with E-state index in [2.05, 4.69) is 0 Å². The van der Waals surface area contributed by atoms with Gasteiger partial charge in [0.25, 0.3) is 0 Å². The fraction of sp³-hybridized carbons (Fsp3) is 0.300. The van der Waals surface area contributed by atoms with Crippen LogP contribution >= 0.6 is 0 Å². The first kappa shape index (κ1) is 21.3. The molecule has 0 aliphatic heterocycles. The third-order valence-corrected chi connectivity index (χ3v) is 3.47. The van der Waals surface area contributed by atoms with E-state index < -0.39 is 40.6 Å². The first-order valence-corrected chi connectivity index (χ1v) is 8.27. The SMILES string of the molecule is Cc1c(C(F)(F)F)ccc(OC(=O)OC(C)(C)C)c1C(=O)Oc1ccccc1. The first-order chi connectivity index (χ1) is 12.9. The molecule has 8 heteroatoms. The summed E-state index contributed by atoms with van der Waals surface area (Å²) in [6, 6.07) is 9.43. The van der Waals surface area contributed by atoms with Crippen LogP contribution in [0.25, 0.3) is 0 Å². The van der Waals surface area contributed by atoms with Crippen molar-refractivity contribution in [3.8, 4) is 11.5 Å². The molecular formula is C20H19F3O5. The van der Waals surface area contributed by atoms with Gasteiger partial charge in [0.15, 0.2) is 0 Å². The molecule has 5 nitrogen and oxygen atoms in total. The van der Waals surface area contributed by atoms with Gasteiger partial charge in [-0.05, 0) is 57.5 Å². The van der Waals surface area contributed by atoms with Crippen LogP contribution in [0, 0.1) is 6.92 Å². The van der Waals surface area contributed by atoms with Gasteiger partial charge in [0.1, 0.15) is 22.7 Å². The van der Waals surface area contributed by atoms with E-state index in [0.717, 1.165) is 19.1 Å². The highest BCUT2D eigenvalue weighted by Crippen LogP contribution is 2.37. The van der Waals surface area contributed by atoms with Crippen molar-refractivity contribution in [3.63, 3.8) is 0 Å². The van der Waals surface area contributed by atoms with Crippen molar-refractivity contribution in [2.24, 2.45) is 0 Å². The molecule has 0 saturated heterocycles. The molecule has 0 heterocycles. The standard InChI is InChI=1S/C20H19F3O5/c1-12-14(20(21,22)23)10-11-15(27-18(25)28-19(2,3)4)16(12)17(24)26-13-8-6-5-7-9-13/h5-11H,1-4H3. The maximum atomic E-state index is 13.3. The molecule has 0 radical (unpaired) electrons. The number of alkyl halides is 3. The summed E-state index contributed by atoms with van der Waals surface area (Å²) in [4.78, 5) is 24.5. The lowest BCUT2D eigenvalue weighted by Crippen LogP contribution is -2.27. The maximum Gasteiger partial charge on any atom is 0.514 e. The van der Waals surface area contributed by atoms with Crippen LogP contribution in [0.5, 0.6) is 11.5 Å². The molecule has 0 aliphatic rings. The summed E-state index contributed by atoms with van der Waals surface area (Å²) in [6.07, 6.45) is -5.85. The van der Waals surface area contributed by atoms with Crippen molar-refractivity contribution in [1.29, 1.82) is 0 Å². The maximum absolute atomic E-state index is 13.3.